The van der Waals surface area contributed by atoms with Crippen LogP contribution in [0.5, 0.6) is 0 Å². The van der Waals surface area contributed by atoms with Crippen molar-refractivity contribution in [1.82, 2.24) is 0 Å². The lowest BCUT2D eigenvalue weighted by atomic mass is 10.1. The van der Waals surface area contributed by atoms with Crippen molar-refractivity contribution in [2.24, 2.45) is 5.16 Å². The van der Waals surface area contributed by atoms with Crippen molar-refractivity contribution in [2.75, 3.05) is 0 Å². The molecule has 1 atom stereocenters. The quantitative estimate of drug-likeness (QED) is 0.625. The summed E-state index contributed by atoms with van der Waals surface area (Å²) in [4.78, 5) is 0.599. The lowest BCUT2D eigenvalue weighted by Gasteiger charge is -2.01. The summed E-state index contributed by atoms with van der Waals surface area (Å²) in [6.45, 7) is 1.82. The third-order valence-electron chi connectivity index (χ3n) is 2.37. The van der Waals surface area contributed by atoms with Gasteiger partial charge in [0.15, 0.2) is 0 Å². The average molecular weight is 259 g/mol. The largest absolute Gasteiger partial charge is 0.287 e. The minimum Gasteiger partial charge on any atom is -0.287 e. The molecule has 2 aromatic rings. The van der Waals surface area contributed by atoms with E-state index < -0.39 is 11.1 Å². The summed E-state index contributed by atoms with van der Waals surface area (Å²) in [6, 6.07) is 18.6. The van der Waals surface area contributed by atoms with Crippen molar-refractivity contribution < 1.29 is 8.49 Å². The maximum Gasteiger partial charge on any atom is 0.265 e. The number of hydrogen-bond donors (Lipinski definition) is 0. The highest BCUT2D eigenvalue weighted by atomic mass is 32.2. The van der Waals surface area contributed by atoms with Crippen molar-refractivity contribution in [1.29, 1.82) is 0 Å². The van der Waals surface area contributed by atoms with Crippen LogP contribution in [0.3, 0.4) is 0 Å². The van der Waals surface area contributed by atoms with Crippen LogP contribution >= 0.6 is 0 Å². The predicted octanol–water partition coefficient (Wildman–Crippen LogP) is 3.15. The van der Waals surface area contributed by atoms with E-state index in [1.807, 2.05) is 55.5 Å². The molecular formula is C14H13NO2S. The molecule has 0 saturated heterocycles. The van der Waals surface area contributed by atoms with Crippen LogP contribution in [0.2, 0.25) is 0 Å². The van der Waals surface area contributed by atoms with Crippen LogP contribution in [-0.4, -0.2) is 9.92 Å². The smallest absolute Gasteiger partial charge is 0.265 e. The lowest BCUT2D eigenvalue weighted by molar-refractivity contribution is 0.373. The number of hydrogen-bond acceptors (Lipinski definition) is 3. The van der Waals surface area contributed by atoms with Gasteiger partial charge in [0.25, 0.3) is 11.1 Å². The molecular weight excluding hydrogens is 246 g/mol. The molecule has 1 unspecified atom stereocenters. The molecule has 2 rings (SSSR count). The monoisotopic (exact) mass is 259 g/mol. The van der Waals surface area contributed by atoms with E-state index in [0.29, 0.717) is 10.6 Å². The standard InChI is InChI=1S/C14H13NO2S/c1-12(13-8-4-2-5-9-13)15-17-18(16)14-10-6-3-7-11-14/h2-11H,1H3/b15-12+. The Hall–Kier alpha value is -1.94. The Labute approximate surface area is 109 Å². The second-order valence-corrected chi connectivity index (χ2v) is 4.75. The fraction of sp³-hybridized carbons (Fsp3) is 0.0714. The average Bonchev–Trinajstić information content (AvgIpc) is 2.46. The van der Waals surface area contributed by atoms with E-state index in [4.69, 9.17) is 4.28 Å². The van der Waals surface area contributed by atoms with Gasteiger partial charge in [-0.1, -0.05) is 53.7 Å². The third kappa shape index (κ3) is 3.28. The zero-order valence-corrected chi connectivity index (χ0v) is 10.8. The normalized spacial score (nSPS) is 13.1. The first-order valence-electron chi connectivity index (χ1n) is 5.52. The van der Waals surface area contributed by atoms with Crippen molar-refractivity contribution >= 4 is 16.8 Å². The van der Waals surface area contributed by atoms with Crippen LogP contribution in [-0.2, 0) is 15.4 Å². The molecule has 0 amide bonds. The number of rotatable bonds is 4. The first-order valence-corrected chi connectivity index (χ1v) is 6.59. The van der Waals surface area contributed by atoms with Gasteiger partial charge in [0.2, 0.25) is 0 Å². The van der Waals surface area contributed by atoms with Crippen LogP contribution in [0.4, 0.5) is 0 Å². The Morgan fingerprint density at radius 1 is 1.00 bits per heavy atom. The minimum atomic E-state index is -1.57. The molecule has 18 heavy (non-hydrogen) atoms. The molecule has 0 radical (unpaired) electrons. The Kier molecular flexibility index (Phi) is 4.25. The SMILES string of the molecule is C/C(=N\OS(=O)c1ccccc1)c1ccccc1. The Morgan fingerprint density at radius 3 is 2.17 bits per heavy atom. The van der Waals surface area contributed by atoms with Crippen molar-refractivity contribution in [3.05, 3.63) is 66.2 Å². The van der Waals surface area contributed by atoms with Gasteiger partial charge in [-0.05, 0) is 24.6 Å². The number of benzene rings is 2. The Bertz CT molecular complexity index is 553. The van der Waals surface area contributed by atoms with Crippen molar-refractivity contribution in [2.45, 2.75) is 11.8 Å². The van der Waals surface area contributed by atoms with E-state index in [0.717, 1.165) is 5.56 Å². The maximum atomic E-state index is 11.8. The maximum absolute atomic E-state index is 11.8. The molecule has 3 nitrogen and oxygen atoms in total. The lowest BCUT2D eigenvalue weighted by Crippen LogP contribution is -1.98. The second-order valence-electron chi connectivity index (χ2n) is 3.67. The predicted molar refractivity (Wildman–Crippen MR) is 72.6 cm³/mol. The van der Waals surface area contributed by atoms with Gasteiger partial charge < -0.3 is 0 Å². The summed E-state index contributed by atoms with van der Waals surface area (Å²) < 4.78 is 16.8. The zero-order chi connectivity index (χ0) is 12.8. The van der Waals surface area contributed by atoms with Gasteiger partial charge in [0.1, 0.15) is 0 Å². The molecule has 0 aliphatic carbocycles. The van der Waals surface area contributed by atoms with Gasteiger partial charge in [0, 0.05) is 0 Å². The van der Waals surface area contributed by atoms with Gasteiger partial charge in [-0.15, -0.1) is 0 Å². The summed E-state index contributed by atoms with van der Waals surface area (Å²) >= 11 is -1.57. The Balaban J connectivity index is 2.05. The molecule has 4 heteroatoms. The van der Waals surface area contributed by atoms with Crippen molar-refractivity contribution in [3.63, 3.8) is 0 Å². The molecule has 92 valence electrons. The van der Waals surface area contributed by atoms with E-state index in [1.54, 1.807) is 12.1 Å². The van der Waals surface area contributed by atoms with Gasteiger partial charge in [0.05, 0.1) is 10.6 Å². The topological polar surface area (TPSA) is 38.7 Å². The third-order valence-corrected chi connectivity index (χ3v) is 3.24. The van der Waals surface area contributed by atoms with Gasteiger partial charge in [-0.2, -0.15) is 0 Å². The van der Waals surface area contributed by atoms with E-state index in [9.17, 15) is 4.21 Å². The summed E-state index contributed by atoms with van der Waals surface area (Å²) in [5.41, 5.74) is 1.64. The molecule has 0 saturated carbocycles. The van der Waals surface area contributed by atoms with E-state index in [1.165, 1.54) is 0 Å². The molecule has 0 aliphatic rings. The molecule has 0 aliphatic heterocycles. The molecule has 0 bridgehead atoms. The van der Waals surface area contributed by atoms with E-state index in [-0.39, 0.29) is 0 Å². The fourth-order valence-corrected chi connectivity index (χ4v) is 2.04. The first kappa shape index (κ1) is 12.5. The Morgan fingerprint density at radius 2 is 1.56 bits per heavy atom. The zero-order valence-electron chi connectivity index (χ0n) is 9.95. The molecule has 0 spiro atoms. The second kappa shape index (κ2) is 6.12. The number of nitrogens with zero attached hydrogens (tertiary/aromatic N) is 1. The van der Waals surface area contributed by atoms with Crippen LogP contribution in [0, 0.1) is 0 Å². The van der Waals surface area contributed by atoms with Crippen molar-refractivity contribution in [3.8, 4) is 0 Å². The highest BCUT2D eigenvalue weighted by Gasteiger charge is 2.04. The summed E-state index contributed by atoms with van der Waals surface area (Å²) in [7, 11) is 0. The van der Waals surface area contributed by atoms with Gasteiger partial charge in [-0.25, -0.2) is 4.21 Å². The molecule has 0 heterocycles. The highest BCUT2D eigenvalue weighted by Crippen LogP contribution is 2.08. The van der Waals surface area contributed by atoms with Crippen LogP contribution in [0.25, 0.3) is 0 Å². The van der Waals surface area contributed by atoms with Crippen LogP contribution < -0.4 is 0 Å². The summed E-state index contributed by atoms with van der Waals surface area (Å²) in [5, 5.41) is 3.89. The fourth-order valence-electron chi connectivity index (χ4n) is 1.40. The van der Waals surface area contributed by atoms with Crippen LogP contribution in [0.15, 0.2) is 70.7 Å². The molecule has 0 N–H and O–H groups in total. The van der Waals surface area contributed by atoms with E-state index >= 15 is 0 Å². The molecule has 0 fully saturated rings. The minimum absolute atomic E-state index is 0.599. The van der Waals surface area contributed by atoms with E-state index in [2.05, 4.69) is 5.16 Å². The van der Waals surface area contributed by atoms with Gasteiger partial charge in [-0.3, -0.25) is 4.28 Å². The highest BCUT2D eigenvalue weighted by molar-refractivity contribution is 7.80. The number of oxime groups is 1. The first-order chi connectivity index (χ1) is 8.77. The van der Waals surface area contributed by atoms with Crippen LogP contribution in [0.1, 0.15) is 12.5 Å². The molecule has 0 aromatic heterocycles. The molecule has 2 aromatic carbocycles. The summed E-state index contributed by atoms with van der Waals surface area (Å²) in [6.07, 6.45) is 0. The summed E-state index contributed by atoms with van der Waals surface area (Å²) in [5.74, 6) is 0. The van der Waals surface area contributed by atoms with Gasteiger partial charge >= 0.3 is 0 Å².